The molecule has 0 aromatic rings. The smallest absolute Gasteiger partial charge is 0.0768 e. The van der Waals surface area contributed by atoms with Crippen molar-refractivity contribution in [2.24, 2.45) is 11.8 Å². The van der Waals surface area contributed by atoms with Crippen molar-refractivity contribution >= 4 is 8.07 Å². The van der Waals surface area contributed by atoms with Crippen molar-refractivity contribution in [3.63, 3.8) is 0 Å². The van der Waals surface area contributed by atoms with Gasteiger partial charge in [0.05, 0.1) is 8.07 Å². The quantitative estimate of drug-likeness (QED) is 0.430. The van der Waals surface area contributed by atoms with E-state index in [-0.39, 0.29) is 10.1 Å². The van der Waals surface area contributed by atoms with Gasteiger partial charge in [-0.2, -0.15) is 0 Å². The van der Waals surface area contributed by atoms with Crippen molar-refractivity contribution in [2.45, 2.75) is 101 Å². The monoisotopic (exact) mass is 380 g/mol. The van der Waals surface area contributed by atoms with Crippen LogP contribution in [0.1, 0.15) is 78.1 Å². The summed E-state index contributed by atoms with van der Waals surface area (Å²) in [4.78, 5) is 0. The fourth-order valence-electron chi connectivity index (χ4n) is 6.16. The molecule has 2 unspecified atom stereocenters. The lowest BCUT2D eigenvalue weighted by molar-refractivity contribution is 0.408. The molecule has 0 aromatic heterocycles. The van der Waals surface area contributed by atoms with Crippen LogP contribution in [0.5, 0.6) is 0 Å². The van der Waals surface area contributed by atoms with E-state index in [2.05, 4.69) is 63.4 Å². The largest absolute Gasteiger partial charge is 0.0772 e. The molecule has 0 amide bonds. The summed E-state index contributed by atoms with van der Waals surface area (Å²) in [6, 6.07) is 0. The SMILES string of the molecule is CC1([Si](C)(C)C2(C)C=CC(C3CCCCC3)=C2)C=CC(C2CCCCC2)=C1. The van der Waals surface area contributed by atoms with Crippen molar-refractivity contribution in [3.05, 3.63) is 47.6 Å². The van der Waals surface area contributed by atoms with E-state index in [1.165, 1.54) is 64.2 Å². The van der Waals surface area contributed by atoms with Crippen LogP contribution in [-0.2, 0) is 0 Å². The molecule has 1 heteroatoms. The summed E-state index contributed by atoms with van der Waals surface area (Å²) < 4.78 is 0. The van der Waals surface area contributed by atoms with Gasteiger partial charge in [-0.1, -0.05) is 102 Å². The molecule has 27 heavy (non-hydrogen) atoms. The molecule has 0 N–H and O–H groups in total. The van der Waals surface area contributed by atoms with E-state index in [1.807, 2.05) is 0 Å². The summed E-state index contributed by atoms with van der Waals surface area (Å²) >= 11 is 0. The molecule has 0 aromatic carbocycles. The minimum Gasteiger partial charge on any atom is -0.0772 e. The van der Waals surface area contributed by atoms with Crippen LogP contribution in [-0.4, -0.2) is 8.07 Å². The van der Waals surface area contributed by atoms with Gasteiger partial charge >= 0.3 is 0 Å². The molecule has 148 valence electrons. The Morgan fingerprint density at radius 2 is 1.04 bits per heavy atom. The Balaban J connectivity index is 1.57. The van der Waals surface area contributed by atoms with E-state index in [0.29, 0.717) is 0 Å². The third kappa shape index (κ3) is 3.39. The Bertz CT molecular complexity index is 621. The van der Waals surface area contributed by atoms with Crippen LogP contribution in [0.2, 0.25) is 23.2 Å². The van der Waals surface area contributed by atoms with Crippen LogP contribution < -0.4 is 0 Å². The molecule has 2 atom stereocenters. The number of allylic oxidation sites excluding steroid dienone is 8. The predicted octanol–water partition coefficient (Wildman–Crippen LogP) is 8.37. The predicted molar refractivity (Wildman–Crippen MR) is 122 cm³/mol. The first-order chi connectivity index (χ1) is 12.8. The highest BCUT2D eigenvalue weighted by Gasteiger charge is 2.52. The maximum atomic E-state index is 2.71. The molecular weight excluding hydrogens is 340 g/mol. The standard InChI is InChI=1S/C26H40Si/c1-25(17-15-23(19-25)21-11-7-5-8-12-21)27(3,4)26(2)18-16-24(20-26)22-13-9-6-10-14-22/h15-22H,5-14H2,1-4H3. The van der Waals surface area contributed by atoms with Crippen LogP contribution in [0.4, 0.5) is 0 Å². The lowest BCUT2D eigenvalue weighted by atomic mass is 9.84. The minimum atomic E-state index is -1.62. The molecule has 4 aliphatic carbocycles. The van der Waals surface area contributed by atoms with Gasteiger partial charge in [0.15, 0.2) is 0 Å². The normalized spacial score (nSPS) is 35.6. The molecule has 4 aliphatic rings. The third-order valence-electron chi connectivity index (χ3n) is 9.02. The fraction of sp³-hybridized carbons (Fsp3) is 0.692. The van der Waals surface area contributed by atoms with E-state index < -0.39 is 8.07 Å². The molecule has 0 heterocycles. The summed E-state index contributed by atoms with van der Waals surface area (Å²) in [6.45, 7) is 10.4. The van der Waals surface area contributed by atoms with Gasteiger partial charge in [-0.25, -0.2) is 0 Å². The van der Waals surface area contributed by atoms with Gasteiger partial charge in [-0.3, -0.25) is 0 Å². The van der Waals surface area contributed by atoms with Crippen LogP contribution in [0.15, 0.2) is 47.6 Å². The molecule has 2 saturated carbocycles. The van der Waals surface area contributed by atoms with Crippen LogP contribution in [0.3, 0.4) is 0 Å². The molecule has 2 fully saturated rings. The third-order valence-corrected chi connectivity index (χ3v) is 15.0. The average Bonchev–Trinajstić information content (AvgIpc) is 3.29. The van der Waals surface area contributed by atoms with Gasteiger partial charge in [0.2, 0.25) is 0 Å². The highest BCUT2D eigenvalue weighted by molar-refractivity contribution is 6.85. The van der Waals surface area contributed by atoms with E-state index in [4.69, 9.17) is 0 Å². The Morgan fingerprint density at radius 1 is 0.667 bits per heavy atom. The van der Waals surface area contributed by atoms with Gasteiger partial charge < -0.3 is 0 Å². The Hall–Kier alpha value is -0.823. The first-order valence-corrected chi connectivity index (χ1v) is 14.7. The summed E-state index contributed by atoms with van der Waals surface area (Å²) in [5, 5.41) is 0.550. The lowest BCUT2D eigenvalue weighted by Gasteiger charge is -2.47. The molecule has 0 bridgehead atoms. The van der Waals surface area contributed by atoms with Crippen molar-refractivity contribution in [1.82, 2.24) is 0 Å². The zero-order valence-corrected chi connectivity index (χ0v) is 19.2. The zero-order valence-electron chi connectivity index (χ0n) is 18.2. The first kappa shape index (κ1) is 19.5. The van der Waals surface area contributed by atoms with E-state index in [9.17, 15) is 0 Å². The minimum absolute atomic E-state index is 0.275. The second kappa shape index (κ2) is 7.21. The van der Waals surface area contributed by atoms with E-state index >= 15 is 0 Å². The fourth-order valence-corrected chi connectivity index (χ4v) is 9.38. The summed E-state index contributed by atoms with van der Waals surface area (Å²) in [5.74, 6) is 1.67. The van der Waals surface area contributed by atoms with Crippen LogP contribution in [0, 0.1) is 11.8 Å². The van der Waals surface area contributed by atoms with Gasteiger partial charge in [0.25, 0.3) is 0 Å². The second-order valence-electron chi connectivity index (χ2n) is 10.8. The Kier molecular flexibility index (Phi) is 5.21. The van der Waals surface area contributed by atoms with Gasteiger partial charge in [-0.15, -0.1) is 0 Å². The Morgan fingerprint density at radius 3 is 1.41 bits per heavy atom. The van der Waals surface area contributed by atoms with Gasteiger partial charge in [0, 0.05) is 0 Å². The molecular formula is C26H40Si. The molecule has 0 saturated heterocycles. The Labute approximate surface area is 168 Å². The topological polar surface area (TPSA) is 0 Å². The maximum absolute atomic E-state index is 2.71. The number of rotatable bonds is 4. The highest BCUT2D eigenvalue weighted by Crippen LogP contribution is 2.60. The van der Waals surface area contributed by atoms with Gasteiger partial charge in [0.1, 0.15) is 0 Å². The van der Waals surface area contributed by atoms with Crippen molar-refractivity contribution in [3.8, 4) is 0 Å². The molecule has 0 spiro atoms. The summed E-state index contributed by atoms with van der Waals surface area (Å²) in [5.41, 5.74) is 3.33. The van der Waals surface area contributed by atoms with Crippen molar-refractivity contribution in [2.75, 3.05) is 0 Å². The zero-order chi connectivity index (χ0) is 19.1. The van der Waals surface area contributed by atoms with E-state index in [0.717, 1.165) is 11.8 Å². The summed E-state index contributed by atoms with van der Waals surface area (Å²) in [6.07, 6.45) is 29.9. The summed E-state index contributed by atoms with van der Waals surface area (Å²) in [7, 11) is -1.62. The van der Waals surface area contributed by atoms with Crippen molar-refractivity contribution in [1.29, 1.82) is 0 Å². The molecule has 0 radical (unpaired) electrons. The second-order valence-corrected chi connectivity index (χ2v) is 16.2. The van der Waals surface area contributed by atoms with Crippen LogP contribution >= 0.6 is 0 Å². The molecule has 0 aliphatic heterocycles. The highest BCUT2D eigenvalue weighted by atomic mass is 28.3. The van der Waals surface area contributed by atoms with Gasteiger partial charge in [-0.05, 0) is 58.7 Å². The van der Waals surface area contributed by atoms with Crippen molar-refractivity contribution < 1.29 is 0 Å². The first-order valence-electron chi connectivity index (χ1n) is 11.7. The lowest BCUT2D eigenvalue weighted by Crippen LogP contribution is -2.47. The maximum Gasteiger partial charge on any atom is 0.0768 e. The number of hydrogen-bond donors (Lipinski definition) is 0. The number of hydrogen-bond acceptors (Lipinski definition) is 0. The van der Waals surface area contributed by atoms with E-state index in [1.54, 1.807) is 11.1 Å². The average molecular weight is 381 g/mol. The molecule has 4 rings (SSSR count). The van der Waals surface area contributed by atoms with Crippen LogP contribution in [0.25, 0.3) is 0 Å². The molecule has 0 nitrogen and oxygen atoms in total.